The summed E-state index contributed by atoms with van der Waals surface area (Å²) < 4.78 is 0. The highest BCUT2D eigenvalue weighted by molar-refractivity contribution is 6.30. The van der Waals surface area contributed by atoms with Gasteiger partial charge in [0, 0.05) is 16.8 Å². The SMILES string of the molecule is CC(Nc1ccc(C(C)(C)C#N)cc1)c1cccc(Cl)c1. The number of hydrogen-bond donors (Lipinski definition) is 1. The molecule has 2 rings (SSSR count). The first-order valence-electron chi connectivity index (χ1n) is 6.96. The summed E-state index contributed by atoms with van der Waals surface area (Å²) in [6, 6.07) is 18.3. The van der Waals surface area contributed by atoms with Crippen molar-refractivity contribution < 1.29 is 0 Å². The Kier molecular flexibility index (Phi) is 4.55. The maximum Gasteiger partial charge on any atom is 0.0766 e. The van der Waals surface area contributed by atoms with Gasteiger partial charge in [0.15, 0.2) is 0 Å². The molecule has 0 aliphatic carbocycles. The fourth-order valence-corrected chi connectivity index (χ4v) is 2.36. The molecular weight excluding hydrogens is 280 g/mol. The van der Waals surface area contributed by atoms with Crippen molar-refractivity contribution in [2.24, 2.45) is 0 Å². The van der Waals surface area contributed by atoms with E-state index in [0.717, 1.165) is 21.8 Å². The Morgan fingerprint density at radius 3 is 2.38 bits per heavy atom. The van der Waals surface area contributed by atoms with E-state index in [0.29, 0.717) is 0 Å². The molecule has 2 aromatic rings. The molecular formula is C18H19ClN2. The zero-order chi connectivity index (χ0) is 15.5. The maximum absolute atomic E-state index is 9.16. The summed E-state index contributed by atoms with van der Waals surface area (Å²) in [4.78, 5) is 0. The summed E-state index contributed by atoms with van der Waals surface area (Å²) in [5, 5.41) is 13.3. The number of hydrogen-bond acceptors (Lipinski definition) is 2. The molecule has 0 spiro atoms. The molecule has 0 aliphatic rings. The van der Waals surface area contributed by atoms with Gasteiger partial charge in [0.25, 0.3) is 0 Å². The standard InChI is InChI=1S/C18H19ClN2/c1-13(14-5-4-6-16(19)11-14)21-17-9-7-15(8-10-17)18(2,3)12-20/h4-11,13,21H,1-3H3. The first-order chi connectivity index (χ1) is 9.92. The number of halogens is 1. The van der Waals surface area contributed by atoms with E-state index in [9.17, 15) is 0 Å². The normalized spacial score (nSPS) is 12.5. The Balaban J connectivity index is 2.12. The highest BCUT2D eigenvalue weighted by atomic mass is 35.5. The smallest absolute Gasteiger partial charge is 0.0766 e. The van der Waals surface area contributed by atoms with Crippen LogP contribution in [-0.4, -0.2) is 0 Å². The number of nitrogens with zero attached hydrogens (tertiary/aromatic N) is 1. The Bertz CT molecular complexity index is 654. The van der Waals surface area contributed by atoms with Crippen LogP contribution in [0.15, 0.2) is 48.5 Å². The molecule has 0 amide bonds. The second kappa shape index (κ2) is 6.20. The molecule has 3 heteroatoms. The maximum atomic E-state index is 9.16. The van der Waals surface area contributed by atoms with Crippen molar-refractivity contribution in [2.45, 2.75) is 32.2 Å². The molecule has 0 aromatic heterocycles. The van der Waals surface area contributed by atoms with Gasteiger partial charge >= 0.3 is 0 Å². The lowest BCUT2D eigenvalue weighted by Gasteiger charge is -2.19. The minimum atomic E-state index is -0.461. The van der Waals surface area contributed by atoms with Gasteiger partial charge in [0.2, 0.25) is 0 Å². The largest absolute Gasteiger partial charge is 0.379 e. The lowest BCUT2D eigenvalue weighted by atomic mass is 9.86. The van der Waals surface area contributed by atoms with Crippen molar-refractivity contribution in [2.75, 3.05) is 5.32 Å². The van der Waals surface area contributed by atoms with Crippen LogP contribution >= 0.6 is 11.6 Å². The van der Waals surface area contributed by atoms with Crippen molar-refractivity contribution in [1.82, 2.24) is 0 Å². The molecule has 0 saturated heterocycles. The summed E-state index contributed by atoms with van der Waals surface area (Å²) in [7, 11) is 0. The summed E-state index contributed by atoms with van der Waals surface area (Å²) in [6.07, 6.45) is 0. The van der Waals surface area contributed by atoms with Gasteiger partial charge in [-0.25, -0.2) is 0 Å². The lowest BCUT2D eigenvalue weighted by Crippen LogP contribution is -2.14. The summed E-state index contributed by atoms with van der Waals surface area (Å²) >= 11 is 6.02. The third kappa shape index (κ3) is 3.77. The molecule has 0 fully saturated rings. The second-order valence-electron chi connectivity index (χ2n) is 5.74. The molecule has 2 nitrogen and oxygen atoms in total. The molecule has 0 saturated carbocycles. The van der Waals surface area contributed by atoms with Crippen LogP contribution in [0.25, 0.3) is 0 Å². The van der Waals surface area contributed by atoms with Gasteiger partial charge in [-0.1, -0.05) is 35.9 Å². The van der Waals surface area contributed by atoms with Gasteiger partial charge in [-0.05, 0) is 56.2 Å². The van der Waals surface area contributed by atoms with E-state index in [-0.39, 0.29) is 6.04 Å². The third-order valence-corrected chi connectivity index (χ3v) is 3.85. The summed E-state index contributed by atoms with van der Waals surface area (Å²) in [5.41, 5.74) is 2.73. The fourth-order valence-electron chi connectivity index (χ4n) is 2.16. The summed E-state index contributed by atoms with van der Waals surface area (Å²) in [6.45, 7) is 5.94. The average Bonchev–Trinajstić information content (AvgIpc) is 2.48. The molecule has 0 radical (unpaired) electrons. The van der Waals surface area contributed by atoms with Gasteiger partial charge in [-0.2, -0.15) is 5.26 Å². The third-order valence-electron chi connectivity index (χ3n) is 3.62. The number of rotatable bonds is 4. The Morgan fingerprint density at radius 2 is 1.81 bits per heavy atom. The Morgan fingerprint density at radius 1 is 1.14 bits per heavy atom. The van der Waals surface area contributed by atoms with Crippen molar-refractivity contribution in [3.63, 3.8) is 0 Å². The number of benzene rings is 2. The van der Waals surface area contributed by atoms with Crippen LogP contribution in [0.4, 0.5) is 5.69 Å². The highest BCUT2D eigenvalue weighted by Gasteiger charge is 2.19. The van der Waals surface area contributed by atoms with Crippen molar-refractivity contribution in [3.05, 3.63) is 64.7 Å². The monoisotopic (exact) mass is 298 g/mol. The molecule has 0 aliphatic heterocycles. The molecule has 1 atom stereocenters. The van der Waals surface area contributed by atoms with Crippen LogP contribution in [-0.2, 0) is 5.41 Å². The first-order valence-corrected chi connectivity index (χ1v) is 7.34. The van der Waals surface area contributed by atoms with Gasteiger partial charge in [0.05, 0.1) is 11.5 Å². The lowest BCUT2D eigenvalue weighted by molar-refractivity contribution is 0.687. The van der Waals surface area contributed by atoms with Gasteiger partial charge < -0.3 is 5.32 Å². The van der Waals surface area contributed by atoms with E-state index in [1.165, 1.54) is 0 Å². The zero-order valence-electron chi connectivity index (χ0n) is 12.5. The molecule has 0 bridgehead atoms. The van der Waals surface area contributed by atoms with Crippen LogP contribution in [0.5, 0.6) is 0 Å². The van der Waals surface area contributed by atoms with E-state index in [4.69, 9.17) is 16.9 Å². The van der Waals surface area contributed by atoms with Crippen LogP contribution in [0.2, 0.25) is 5.02 Å². The van der Waals surface area contributed by atoms with Crippen molar-refractivity contribution >= 4 is 17.3 Å². The molecule has 1 N–H and O–H groups in total. The van der Waals surface area contributed by atoms with Crippen molar-refractivity contribution in [3.8, 4) is 6.07 Å². The first kappa shape index (κ1) is 15.4. The molecule has 21 heavy (non-hydrogen) atoms. The quantitative estimate of drug-likeness (QED) is 0.830. The number of nitriles is 1. The van der Waals surface area contributed by atoms with E-state index in [2.05, 4.69) is 24.4 Å². The second-order valence-corrected chi connectivity index (χ2v) is 6.17. The van der Waals surface area contributed by atoms with Crippen molar-refractivity contribution in [1.29, 1.82) is 5.26 Å². The number of anilines is 1. The van der Waals surface area contributed by atoms with Gasteiger partial charge in [0.1, 0.15) is 0 Å². The van der Waals surface area contributed by atoms with Crippen LogP contribution in [0, 0.1) is 11.3 Å². The van der Waals surface area contributed by atoms with E-state index >= 15 is 0 Å². The van der Waals surface area contributed by atoms with E-state index in [1.807, 2.05) is 56.3 Å². The van der Waals surface area contributed by atoms with E-state index < -0.39 is 5.41 Å². The molecule has 0 heterocycles. The predicted octanol–water partition coefficient (Wildman–Crippen LogP) is 5.31. The minimum absolute atomic E-state index is 0.165. The molecule has 2 aromatic carbocycles. The number of nitrogens with one attached hydrogen (secondary N) is 1. The highest BCUT2D eigenvalue weighted by Crippen LogP contribution is 2.26. The van der Waals surface area contributed by atoms with Crippen LogP contribution in [0.1, 0.15) is 37.9 Å². The van der Waals surface area contributed by atoms with E-state index in [1.54, 1.807) is 0 Å². The molecule has 1 unspecified atom stereocenters. The minimum Gasteiger partial charge on any atom is -0.379 e. The predicted molar refractivity (Wildman–Crippen MR) is 88.6 cm³/mol. The van der Waals surface area contributed by atoms with Crippen LogP contribution < -0.4 is 5.32 Å². The van der Waals surface area contributed by atoms with Gasteiger partial charge in [-0.15, -0.1) is 0 Å². The van der Waals surface area contributed by atoms with Gasteiger partial charge in [-0.3, -0.25) is 0 Å². The summed E-state index contributed by atoms with van der Waals surface area (Å²) in [5.74, 6) is 0. The topological polar surface area (TPSA) is 35.8 Å². The fraction of sp³-hybridized carbons (Fsp3) is 0.278. The Hall–Kier alpha value is -1.98. The Labute approximate surface area is 131 Å². The van der Waals surface area contributed by atoms with Crippen LogP contribution in [0.3, 0.4) is 0 Å². The zero-order valence-corrected chi connectivity index (χ0v) is 13.3. The molecule has 108 valence electrons. The average molecular weight is 299 g/mol.